The monoisotopic (exact) mass is 343 g/mol. The maximum Gasteiger partial charge on any atom is 0.249 e. The summed E-state index contributed by atoms with van der Waals surface area (Å²) >= 11 is 0. The van der Waals surface area contributed by atoms with Gasteiger partial charge in [-0.2, -0.15) is 4.98 Å². The Bertz CT molecular complexity index is 684. The maximum absolute atomic E-state index is 12.6. The Kier molecular flexibility index (Phi) is 5.81. The van der Waals surface area contributed by atoms with E-state index in [0.717, 1.165) is 31.4 Å². The van der Waals surface area contributed by atoms with Gasteiger partial charge in [-0.1, -0.05) is 35.5 Å². The normalized spacial score (nSPS) is 17.9. The van der Waals surface area contributed by atoms with Gasteiger partial charge in [0.15, 0.2) is 0 Å². The van der Waals surface area contributed by atoms with Gasteiger partial charge < -0.3 is 14.2 Å². The van der Waals surface area contributed by atoms with Gasteiger partial charge >= 0.3 is 0 Å². The van der Waals surface area contributed by atoms with Crippen molar-refractivity contribution in [3.63, 3.8) is 0 Å². The van der Waals surface area contributed by atoms with Crippen molar-refractivity contribution in [1.82, 2.24) is 15.0 Å². The van der Waals surface area contributed by atoms with Crippen molar-refractivity contribution in [3.8, 4) is 11.4 Å². The first kappa shape index (κ1) is 17.6. The van der Waals surface area contributed by atoms with Crippen molar-refractivity contribution >= 4 is 5.91 Å². The Hall–Kier alpha value is -2.21. The minimum Gasteiger partial charge on any atom is -0.378 e. The van der Waals surface area contributed by atoms with Crippen LogP contribution in [0.25, 0.3) is 11.4 Å². The number of carbonyl (C=O) groups is 1. The molecule has 1 aromatic heterocycles. The van der Waals surface area contributed by atoms with Crippen LogP contribution in [-0.2, 0) is 9.53 Å². The second kappa shape index (κ2) is 8.25. The summed E-state index contributed by atoms with van der Waals surface area (Å²) in [4.78, 5) is 19.0. The second-order valence-electron chi connectivity index (χ2n) is 6.59. The van der Waals surface area contributed by atoms with Crippen LogP contribution in [0.3, 0.4) is 0 Å². The quantitative estimate of drug-likeness (QED) is 0.801. The molecule has 1 amide bonds. The SMILES string of the molecule is CC(C)OCCC(=O)N1CCCC[C@@H]1c1nc(-c2ccccc2)no1. The Morgan fingerprint density at radius 1 is 1.32 bits per heavy atom. The van der Waals surface area contributed by atoms with Crippen LogP contribution >= 0.6 is 0 Å². The van der Waals surface area contributed by atoms with E-state index in [1.54, 1.807) is 0 Å². The van der Waals surface area contributed by atoms with Crippen molar-refractivity contribution in [1.29, 1.82) is 0 Å². The highest BCUT2D eigenvalue weighted by atomic mass is 16.5. The highest BCUT2D eigenvalue weighted by molar-refractivity contribution is 5.76. The fraction of sp³-hybridized carbons (Fsp3) is 0.526. The zero-order valence-electron chi connectivity index (χ0n) is 14.9. The molecule has 0 aliphatic carbocycles. The molecule has 6 heteroatoms. The van der Waals surface area contributed by atoms with Crippen LogP contribution in [-0.4, -0.2) is 40.2 Å². The molecule has 25 heavy (non-hydrogen) atoms. The first-order valence-corrected chi connectivity index (χ1v) is 8.95. The predicted octanol–water partition coefficient (Wildman–Crippen LogP) is 3.61. The largest absolute Gasteiger partial charge is 0.378 e. The number of carbonyl (C=O) groups excluding carboxylic acids is 1. The summed E-state index contributed by atoms with van der Waals surface area (Å²) < 4.78 is 11.0. The molecule has 2 aromatic rings. The van der Waals surface area contributed by atoms with Gasteiger partial charge in [0.05, 0.1) is 19.1 Å². The highest BCUT2D eigenvalue weighted by Crippen LogP contribution is 2.31. The van der Waals surface area contributed by atoms with Crippen LogP contribution in [0, 0.1) is 0 Å². The van der Waals surface area contributed by atoms with Crippen LogP contribution in [0.1, 0.15) is 51.5 Å². The number of likely N-dealkylation sites (tertiary alicyclic amines) is 1. The molecule has 0 unspecified atom stereocenters. The summed E-state index contributed by atoms with van der Waals surface area (Å²) in [7, 11) is 0. The van der Waals surface area contributed by atoms with Gasteiger partial charge in [0.25, 0.3) is 0 Å². The van der Waals surface area contributed by atoms with Gasteiger partial charge in [0.1, 0.15) is 6.04 Å². The lowest BCUT2D eigenvalue weighted by atomic mass is 10.0. The number of aromatic nitrogens is 2. The van der Waals surface area contributed by atoms with E-state index >= 15 is 0 Å². The number of benzene rings is 1. The molecule has 0 N–H and O–H groups in total. The van der Waals surface area contributed by atoms with E-state index in [1.165, 1.54) is 0 Å². The Balaban J connectivity index is 1.71. The number of rotatable bonds is 6. The molecular formula is C19H25N3O3. The molecule has 1 atom stereocenters. The second-order valence-corrected chi connectivity index (χ2v) is 6.59. The van der Waals surface area contributed by atoms with E-state index in [0.29, 0.717) is 24.7 Å². The predicted molar refractivity (Wildman–Crippen MR) is 93.7 cm³/mol. The lowest BCUT2D eigenvalue weighted by Gasteiger charge is -2.33. The van der Waals surface area contributed by atoms with Gasteiger partial charge in [0.2, 0.25) is 17.6 Å². The number of hydrogen-bond donors (Lipinski definition) is 0. The minimum absolute atomic E-state index is 0.0878. The molecular weight excluding hydrogens is 318 g/mol. The summed E-state index contributed by atoms with van der Waals surface area (Å²) in [5.74, 6) is 1.18. The van der Waals surface area contributed by atoms with E-state index in [-0.39, 0.29) is 18.1 Å². The van der Waals surface area contributed by atoms with Crippen molar-refractivity contribution in [2.45, 2.75) is 51.7 Å². The maximum atomic E-state index is 12.6. The fourth-order valence-electron chi connectivity index (χ4n) is 3.09. The molecule has 1 aromatic carbocycles. The lowest BCUT2D eigenvalue weighted by molar-refractivity contribution is -0.137. The average molecular weight is 343 g/mol. The summed E-state index contributed by atoms with van der Waals surface area (Å²) in [6.45, 7) is 5.11. The number of ether oxygens (including phenoxy) is 1. The summed E-state index contributed by atoms with van der Waals surface area (Å²) in [5.41, 5.74) is 0.913. The Labute approximate surface area is 148 Å². The molecule has 134 valence electrons. The van der Waals surface area contributed by atoms with E-state index in [9.17, 15) is 4.79 Å². The molecule has 0 bridgehead atoms. The molecule has 1 saturated heterocycles. The van der Waals surface area contributed by atoms with Gasteiger partial charge in [-0.3, -0.25) is 4.79 Å². The van der Waals surface area contributed by atoms with Crippen molar-refractivity contribution in [3.05, 3.63) is 36.2 Å². The third kappa shape index (κ3) is 4.45. The van der Waals surface area contributed by atoms with Gasteiger partial charge in [0, 0.05) is 12.1 Å². The summed E-state index contributed by atoms with van der Waals surface area (Å²) in [6, 6.07) is 9.59. The summed E-state index contributed by atoms with van der Waals surface area (Å²) in [5, 5.41) is 4.09. The van der Waals surface area contributed by atoms with Crippen LogP contribution in [0.5, 0.6) is 0 Å². The van der Waals surface area contributed by atoms with E-state index in [4.69, 9.17) is 9.26 Å². The zero-order valence-corrected chi connectivity index (χ0v) is 14.9. The van der Waals surface area contributed by atoms with E-state index in [2.05, 4.69) is 10.1 Å². The van der Waals surface area contributed by atoms with Crippen LogP contribution in [0.2, 0.25) is 0 Å². The van der Waals surface area contributed by atoms with Gasteiger partial charge in [-0.25, -0.2) is 0 Å². The highest BCUT2D eigenvalue weighted by Gasteiger charge is 2.32. The topological polar surface area (TPSA) is 68.5 Å². The third-order valence-corrected chi connectivity index (χ3v) is 4.35. The number of amides is 1. The van der Waals surface area contributed by atoms with Gasteiger partial charge in [-0.05, 0) is 33.1 Å². The first-order valence-electron chi connectivity index (χ1n) is 8.95. The molecule has 1 fully saturated rings. The van der Waals surface area contributed by atoms with Crippen LogP contribution < -0.4 is 0 Å². The standard InChI is InChI=1S/C19H25N3O3/c1-14(2)24-13-11-17(23)22-12-7-6-10-16(22)19-20-18(21-25-19)15-8-4-3-5-9-15/h3-5,8-9,14,16H,6-7,10-13H2,1-2H3/t16-/m1/s1. The molecule has 2 heterocycles. The molecule has 0 spiro atoms. The van der Waals surface area contributed by atoms with E-state index in [1.807, 2.05) is 49.1 Å². The van der Waals surface area contributed by atoms with Crippen molar-refractivity contribution in [2.75, 3.05) is 13.2 Å². The number of nitrogens with zero attached hydrogens (tertiary/aromatic N) is 3. The van der Waals surface area contributed by atoms with Crippen LogP contribution in [0.4, 0.5) is 0 Å². The molecule has 0 saturated carbocycles. The average Bonchev–Trinajstić information content (AvgIpc) is 3.12. The van der Waals surface area contributed by atoms with Crippen molar-refractivity contribution < 1.29 is 14.1 Å². The zero-order chi connectivity index (χ0) is 17.6. The smallest absolute Gasteiger partial charge is 0.249 e. The molecule has 1 aliphatic rings. The molecule has 0 radical (unpaired) electrons. The third-order valence-electron chi connectivity index (χ3n) is 4.35. The summed E-state index contributed by atoms with van der Waals surface area (Å²) in [6.07, 6.45) is 3.43. The van der Waals surface area contributed by atoms with Crippen LogP contribution in [0.15, 0.2) is 34.9 Å². The van der Waals surface area contributed by atoms with Gasteiger partial charge in [-0.15, -0.1) is 0 Å². The molecule has 6 nitrogen and oxygen atoms in total. The Morgan fingerprint density at radius 2 is 2.12 bits per heavy atom. The molecule has 3 rings (SSSR count). The fourth-order valence-corrected chi connectivity index (χ4v) is 3.09. The minimum atomic E-state index is -0.134. The van der Waals surface area contributed by atoms with E-state index < -0.39 is 0 Å². The number of piperidine rings is 1. The first-order chi connectivity index (χ1) is 12.1. The Morgan fingerprint density at radius 3 is 2.88 bits per heavy atom. The lowest BCUT2D eigenvalue weighted by Crippen LogP contribution is -2.39. The molecule has 1 aliphatic heterocycles. The number of hydrogen-bond acceptors (Lipinski definition) is 5. The van der Waals surface area contributed by atoms with Crippen molar-refractivity contribution in [2.24, 2.45) is 0 Å².